The van der Waals surface area contributed by atoms with Crippen molar-refractivity contribution in [3.05, 3.63) is 30.1 Å². The lowest BCUT2D eigenvalue weighted by Gasteiger charge is -2.61. The number of carbonyl (C=O) groups excluding carboxylic acids is 1. The molecule has 1 amide bonds. The zero-order chi connectivity index (χ0) is 15.2. The fourth-order valence-electron chi connectivity index (χ4n) is 4.02. The average Bonchev–Trinajstić information content (AvgIpc) is 2.88. The zero-order valence-electron chi connectivity index (χ0n) is 12.8. The number of aromatic amines is 1. The molecule has 2 aromatic heterocycles. The van der Waals surface area contributed by atoms with Crippen LogP contribution in [0.15, 0.2) is 24.5 Å². The van der Waals surface area contributed by atoms with Crippen molar-refractivity contribution >= 4 is 16.9 Å². The van der Waals surface area contributed by atoms with E-state index < -0.39 is 0 Å². The minimum Gasteiger partial charge on any atom is -0.378 e. The molecule has 2 atom stereocenters. The van der Waals surface area contributed by atoms with Crippen molar-refractivity contribution < 1.29 is 9.53 Å². The van der Waals surface area contributed by atoms with Gasteiger partial charge in [-0.2, -0.15) is 0 Å². The first-order valence-electron chi connectivity index (χ1n) is 8.09. The summed E-state index contributed by atoms with van der Waals surface area (Å²) < 4.78 is 5.84. The quantitative estimate of drug-likeness (QED) is 0.912. The van der Waals surface area contributed by atoms with Gasteiger partial charge in [0.15, 0.2) is 0 Å². The molecule has 2 aliphatic rings. The van der Waals surface area contributed by atoms with Gasteiger partial charge in [0, 0.05) is 35.8 Å². The highest BCUT2D eigenvalue weighted by atomic mass is 16.5. The second-order valence-corrected chi connectivity index (χ2v) is 6.39. The fourth-order valence-corrected chi connectivity index (χ4v) is 4.02. The number of fused-ring (bicyclic) bond motifs is 1. The van der Waals surface area contributed by atoms with Gasteiger partial charge in [-0.05, 0) is 38.3 Å². The molecule has 0 aliphatic heterocycles. The molecule has 2 fully saturated rings. The van der Waals surface area contributed by atoms with Gasteiger partial charge >= 0.3 is 0 Å². The molecule has 22 heavy (non-hydrogen) atoms. The third-order valence-corrected chi connectivity index (χ3v) is 5.44. The molecule has 2 unspecified atom stereocenters. The van der Waals surface area contributed by atoms with Crippen LogP contribution < -0.4 is 5.32 Å². The van der Waals surface area contributed by atoms with Crippen molar-refractivity contribution in [2.24, 2.45) is 5.41 Å². The summed E-state index contributed by atoms with van der Waals surface area (Å²) in [7, 11) is 0. The Morgan fingerprint density at radius 3 is 3.14 bits per heavy atom. The first kappa shape index (κ1) is 13.8. The molecular formula is C17H21N3O2. The SMILES string of the molecule is CCOC1CC(NC(=O)c2c[nH]c3ncccc23)C12CCC2. The summed E-state index contributed by atoms with van der Waals surface area (Å²) in [5.74, 6) is -0.00882. The standard InChI is InChI=1S/C17H21N3O2/c1-2-22-14-9-13(17(14)6-4-7-17)20-16(21)12-10-19-15-11(12)5-3-8-18-15/h3,5,8,10,13-14H,2,4,6-7,9H2,1H3,(H,18,19)(H,20,21). The molecule has 4 rings (SSSR count). The van der Waals surface area contributed by atoms with E-state index in [4.69, 9.17) is 4.74 Å². The maximum Gasteiger partial charge on any atom is 0.253 e. The van der Waals surface area contributed by atoms with Crippen LogP contribution in [-0.2, 0) is 4.74 Å². The highest BCUT2D eigenvalue weighted by Gasteiger charge is 2.59. The van der Waals surface area contributed by atoms with E-state index in [1.54, 1.807) is 12.4 Å². The maximum absolute atomic E-state index is 12.6. The van der Waals surface area contributed by atoms with E-state index in [-0.39, 0.29) is 17.4 Å². The number of pyridine rings is 1. The van der Waals surface area contributed by atoms with Gasteiger partial charge in [-0.25, -0.2) is 4.98 Å². The van der Waals surface area contributed by atoms with Crippen LogP contribution >= 0.6 is 0 Å². The normalized spacial score (nSPS) is 25.7. The van der Waals surface area contributed by atoms with Gasteiger partial charge in [0.1, 0.15) is 5.65 Å². The predicted octanol–water partition coefficient (Wildman–Crippen LogP) is 2.64. The molecule has 0 bridgehead atoms. The summed E-state index contributed by atoms with van der Waals surface area (Å²) in [6.07, 6.45) is 8.30. The van der Waals surface area contributed by atoms with E-state index in [9.17, 15) is 4.79 Å². The Balaban J connectivity index is 1.51. The Labute approximate surface area is 129 Å². The monoisotopic (exact) mass is 299 g/mol. The smallest absolute Gasteiger partial charge is 0.253 e. The van der Waals surface area contributed by atoms with E-state index in [0.29, 0.717) is 11.7 Å². The van der Waals surface area contributed by atoms with Crippen molar-refractivity contribution in [2.45, 2.75) is 44.8 Å². The van der Waals surface area contributed by atoms with Crippen molar-refractivity contribution in [2.75, 3.05) is 6.61 Å². The van der Waals surface area contributed by atoms with Gasteiger partial charge in [-0.3, -0.25) is 4.79 Å². The third-order valence-electron chi connectivity index (χ3n) is 5.44. The first-order valence-corrected chi connectivity index (χ1v) is 8.09. The number of hydrogen-bond acceptors (Lipinski definition) is 3. The molecule has 1 spiro atoms. The van der Waals surface area contributed by atoms with Crippen molar-refractivity contribution in [1.29, 1.82) is 0 Å². The first-order chi connectivity index (χ1) is 10.7. The second kappa shape index (κ2) is 5.09. The molecule has 116 valence electrons. The van der Waals surface area contributed by atoms with E-state index in [1.165, 1.54) is 6.42 Å². The van der Waals surface area contributed by atoms with E-state index in [0.717, 1.165) is 36.9 Å². The molecule has 5 heteroatoms. The minimum absolute atomic E-state index is 0.00882. The zero-order valence-corrected chi connectivity index (χ0v) is 12.8. The summed E-state index contributed by atoms with van der Waals surface area (Å²) in [4.78, 5) is 19.9. The Morgan fingerprint density at radius 1 is 1.55 bits per heavy atom. The summed E-state index contributed by atoms with van der Waals surface area (Å²) in [6.45, 7) is 2.79. The molecule has 2 saturated carbocycles. The van der Waals surface area contributed by atoms with Crippen molar-refractivity contribution in [1.82, 2.24) is 15.3 Å². The van der Waals surface area contributed by atoms with Gasteiger partial charge in [-0.1, -0.05) is 6.42 Å². The van der Waals surface area contributed by atoms with Crippen LogP contribution in [0, 0.1) is 5.41 Å². The third kappa shape index (κ3) is 1.88. The van der Waals surface area contributed by atoms with Crippen LogP contribution in [0.25, 0.3) is 11.0 Å². The number of amides is 1. The molecule has 0 radical (unpaired) electrons. The van der Waals surface area contributed by atoms with E-state index in [2.05, 4.69) is 15.3 Å². The highest BCUT2D eigenvalue weighted by molar-refractivity contribution is 6.06. The fraction of sp³-hybridized carbons (Fsp3) is 0.529. The van der Waals surface area contributed by atoms with Crippen LogP contribution in [0.2, 0.25) is 0 Å². The minimum atomic E-state index is -0.00882. The Bertz CT molecular complexity index is 705. The molecule has 0 aromatic carbocycles. The largest absolute Gasteiger partial charge is 0.378 e. The summed E-state index contributed by atoms with van der Waals surface area (Å²) in [6, 6.07) is 4.03. The number of ether oxygens (including phenoxy) is 1. The van der Waals surface area contributed by atoms with Crippen LogP contribution in [0.3, 0.4) is 0 Å². The number of nitrogens with zero attached hydrogens (tertiary/aromatic N) is 1. The molecule has 5 nitrogen and oxygen atoms in total. The molecule has 2 aromatic rings. The van der Waals surface area contributed by atoms with Crippen LogP contribution in [0.5, 0.6) is 0 Å². The Morgan fingerprint density at radius 2 is 2.41 bits per heavy atom. The lowest BCUT2D eigenvalue weighted by Crippen LogP contribution is -2.67. The molecule has 2 heterocycles. The van der Waals surface area contributed by atoms with E-state index in [1.807, 2.05) is 19.1 Å². The number of H-pyrrole nitrogens is 1. The van der Waals surface area contributed by atoms with Gasteiger partial charge in [0.2, 0.25) is 0 Å². The number of rotatable bonds is 4. The summed E-state index contributed by atoms with van der Waals surface area (Å²) in [5.41, 5.74) is 1.62. The highest BCUT2D eigenvalue weighted by Crippen LogP contribution is 2.57. The van der Waals surface area contributed by atoms with Crippen LogP contribution in [-0.4, -0.2) is 34.6 Å². The van der Waals surface area contributed by atoms with Crippen molar-refractivity contribution in [3.63, 3.8) is 0 Å². The Hall–Kier alpha value is -1.88. The Kier molecular flexibility index (Phi) is 3.18. The van der Waals surface area contributed by atoms with E-state index >= 15 is 0 Å². The lowest BCUT2D eigenvalue weighted by molar-refractivity contribution is -0.169. The average molecular weight is 299 g/mol. The summed E-state index contributed by atoms with van der Waals surface area (Å²) in [5, 5.41) is 4.10. The van der Waals surface area contributed by atoms with Crippen molar-refractivity contribution in [3.8, 4) is 0 Å². The number of hydrogen-bond donors (Lipinski definition) is 2. The van der Waals surface area contributed by atoms with Gasteiger partial charge in [0.05, 0.1) is 11.7 Å². The maximum atomic E-state index is 12.6. The molecule has 2 N–H and O–H groups in total. The van der Waals surface area contributed by atoms with Crippen LogP contribution in [0.4, 0.5) is 0 Å². The number of aromatic nitrogens is 2. The van der Waals surface area contributed by atoms with Gasteiger partial charge in [0.25, 0.3) is 5.91 Å². The van der Waals surface area contributed by atoms with Gasteiger partial charge in [-0.15, -0.1) is 0 Å². The molecule has 2 aliphatic carbocycles. The predicted molar refractivity (Wildman–Crippen MR) is 83.7 cm³/mol. The topological polar surface area (TPSA) is 67.0 Å². The second-order valence-electron chi connectivity index (χ2n) is 6.39. The lowest BCUT2D eigenvalue weighted by atomic mass is 9.51. The van der Waals surface area contributed by atoms with Crippen LogP contribution in [0.1, 0.15) is 43.0 Å². The molecule has 0 saturated heterocycles. The number of carbonyl (C=O) groups is 1. The molecular weight excluding hydrogens is 278 g/mol. The number of nitrogens with one attached hydrogen (secondary N) is 2. The van der Waals surface area contributed by atoms with Gasteiger partial charge < -0.3 is 15.0 Å². The summed E-state index contributed by atoms with van der Waals surface area (Å²) >= 11 is 0.